The third-order valence-electron chi connectivity index (χ3n) is 4.75. The molecule has 1 amide bonds. The number of carbonyl (C=O) groups is 1. The number of carbonyl (C=O) groups excluding carboxylic acids is 1. The van der Waals surface area contributed by atoms with Crippen molar-refractivity contribution in [2.24, 2.45) is 0 Å². The summed E-state index contributed by atoms with van der Waals surface area (Å²) in [6, 6.07) is 22.2. The second-order valence-corrected chi connectivity index (χ2v) is 7.69. The van der Waals surface area contributed by atoms with Crippen molar-refractivity contribution in [3.63, 3.8) is 0 Å². The predicted octanol–water partition coefficient (Wildman–Crippen LogP) is 4.81. The van der Waals surface area contributed by atoms with Gasteiger partial charge in [0.05, 0.1) is 22.1 Å². The lowest BCUT2D eigenvalue weighted by molar-refractivity contribution is 0.0955. The predicted molar refractivity (Wildman–Crippen MR) is 110 cm³/mol. The van der Waals surface area contributed by atoms with Crippen LogP contribution in [0.3, 0.4) is 0 Å². The zero-order valence-corrected chi connectivity index (χ0v) is 16.0. The molecule has 0 bridgehead atoms. The summed E-state index contributed by atoms with van der Waals surface area (Å²) in [6.45, 7) is 4.17. The Morgan fingerprint density at radius 3 is 2.74 bits per heavy atom. The number of amides is 1. The number of nitrogens with one attached hydrogen (secondary N) is 1. The molecular formula is C22H22N2O2S. The largest absolute Gasteiger partial charge is 0.490 e. The van der Waals surface area contributed by atoms with E-state index in [2.05, 4.69) is 35.3 Å². The van der Waals surface area contributed by atoms with Gasteiger partial charge in [-0.2, -0.15) is 0 Å². The number of ether oxygens (including phenoxy) is 1. The van der Waals surface area contributed by atoms with Crippen LogP contribution in [-0.4, -0.2) is 25.6 Å². The van der Waals surface area contributed by atoms with Gasteiger partial charge in [-0.15, -0.1) is 11.3 Å². The highest BCUT2D eigenvalue weighted by atomic mass is 32.1. The first-order valence-electron chi connectivity index (χ1n) is 9.15. The van der Waals surface area contributed by atoms with Crippen LogP contribution in [0.15, 0.2) is 66.7 Å². The van der Waals surface area contributed by atoms with E-state index in [0.29, 0.717) is 13.2 Å². The molecule has 2 aromatic carbocycles. The maximum absolute atomic E-state index is 12.6. The minimum Gasteiger partial charge on any atom is -0.490 e. The van der Waals surface area contributed by atoms with Crippen molar-refractivity contribution in [1.29, 1.82) is 0 Å². The molecule has 0 fully saturated rings. The Morgan fingerprint density at radius 1 is 1.11 bits per heavy atom. The monoisotopic (exact) mass is 378 g/mol. The second kappa shape index (κ2) is 7.84. The molecular weight excluding hydrogens is 356 g/mol. The van der Waals surface area contributed by atoms with E-state index in [-0.39, 0.29) is 11.8 Å². The Balaban J connectivity index is 1.43. The van der Waals surface area contributed by atoms with E-state index in [1.807, 2.05) is 48.5 Å². The summed E-state index contributed by atoms with van der Waals surface area (Å²) in [5, 5.41) is 4.12. The van der Waals surface area contributed by atoms with Crippen LogP contribution >= 0.6 is 11.3 Å². The third-order valence-corrected chi connectivity index (χ3v) is 5.85. The maximum atomic E-state index is 12.6. The molecule has 3 aromatic rings. The molecule has 1 N–H and O–H groups in total. The van der Waals surface area contributed by atoms with Gasteiger partial charge in [0.1, 0.15) is 12.4 Å². The lowest BCUT2D eigenvalue weighted by atomic mass is 10.0. The standard InChI is InChI=1S/C22H22N2O2S/c1-16(17-7-3-2-4-8-17)15-23-22(25)20-11-12-21(27-20)24-13-14-26-19-10-6-5-9-18(19)24/h2-12,16H,13-15H2,1H3,(H,23,25). The fourth-order valence-electron chi connectivity index (χ4n) is 3.23. The van der Waals surface area contributed by atoms with Crippen LogP contribution in [-0.2, 0) is 0 Å². The van der Waals surface area contributed by atoms with Crippen LogP contribution in [0.2, 0.25) is 0 Å². The molecule has 0 aliphatic carbocycles. The Kier molecular flexibility index (Phi) is 5.12. The molecule has 4 rings (SSSR count). The molecule has 2 heterocycles. The van der Waals surface area contributed by atoms with E-state index in [9.17, 15) is 4.79 Å². The van der Waals surface area contributed by atoms with Gasteiger partial charge in [0.15, 0.2) is 0 Å². The smallest absolute Gasteiger partial charge is 0.261 e. The summed E-state index contributed by atoms with van der Waals surface area (Å²) >= 11 is 1.52. The lowest BCUT2D eigenvalue weighted by Gasteiger charge is -2.29. The summed E-state index contributed by atoms with van der Waals surface area (Å²) < 4.78 is 5.72. The first-order chi connectivity index (χ1) is 13.2. The van der Waals surface area contributed by atoms with E-state index in [0.717, 1.165) is 27.9 Å². The van der Waals surface area contributed by atoms with Crippen molar-refractivity contribution in [3.05, 3.63) is 77.2 Å². The Hall–Kier alpha value is -2.79. The van der Waals surface area contributed by atoms with Crippen LogP contribution < -0.4 is 15.0 Å². The average Bonchev–Trinajstić information content (AvgIpc) is 3.22. The molecule has 5 heteroatoms. The van der Waals surface area contributed by atoms with Crippen LogP contribution in [0.4, 0.5) is 10.7 Å². The van der Waals surface area contributed by atoms with Gasteiger partial charge < -0.3 is 15.0 Å². The molecule has 138 valence electrons. The Bertz CT molecular complexity index is 923. The topological polar surface area (TPSA) is 41.6 Å². The van der Waals surface area contributed by atoms with Crippen molar-refractivity contribution >= 4 is 27.9 Å². The summed E-state index contributed by atoms with van der Waals surface area (Å²) in [4.78, 5) is 15.5. The minimum atomic E-state index is -0.0180. The van der Waals surface area contributed by atoms with Crippen molar-refractivity contribution in [1.82, 2.24) is 5.32 Å². The van der Waals surface area contributed by atoms with Gasteiger partial charge in [0, 0.05) is 6.54 Å². The molecule has 27 heavy (non-hydrogen) atoms. The number of fused-ring (bicyclic) bond motifs is 1. The SMILES string of the molecule is CC(CNC(=O)c1ccc(N2CCOc3ccccc32)s1)c1ccccc1. The second-order valence-electron chi connectivity index (χ2n) is 6.63. The van der Waals surface area contributed by atoms with Crippen molar-refractivity contribution in [2.75, 3.05) is 24.6 Å². The van der Waals surface area contributed by atoms with Crippen molar-refractivity contribution < 1.29 is 9.53 Å². The maximum Gasteiger partial charge on any atom is 0.261 e. The first-order valence-corrected chi connectivity index (χ1v) is 9.96. The zero-order valence-electron chi connectivity index (χ0n) is 15.2. The lowest BCUT2D eigenvalue weighted by Crippen LogP contribution is -2.28. The van der Waals surface area contributed by atoms with Crippen LogP contribution in [0.5, 0.6) is 5.75 Å². The summed E-state index contributed by atoms with van der Waals surface area (Å²) in [5.41, 5.74) is 2.28. The number of nitrogens with zero attached hydrogens (tertiary/aromatic N) is 1. The van der Waals surface area contributed by atoms with E-state index in [1.54, 1.807) is 0 Å². The number of hydrogen-bond donors (Lipinski definition) is 1. The fourth-order valence-corrected chi connectivity index (χ4v) is 4.19. The highest BCUT2D eigenvalue weighted by Crippen LogP contribution is 2.39. The number of thiophene rings is 1. The van der Waals surface area contributed by atoms with Gasteiger partial charge in [-0.3, -0.25) is 4.79 Å². The fraction of sp³-hybridized carbons (Fsp3) is 0.227. The van der Waals surface area contributed by atoms with E-state index >= 15 is 0 Å². The number of rotatable bonds is 5. The summed E-state index contributed by atoms with van der Waals surface area (Å²) in [6.07, 6.45) is 0. The van der Waals surface area contributed by atoms with Crippen LogP contribution in [0, 0.1) is 0 Å². The van der Waals surface area contributed by atoms with Gasteiger partial charge >= 0.3 is 0 Å². The minimum absolute atomic E-state index is 0.0180. The molecule has 1 atom stereocenters. The zero-order chi connectivity index (χ0) is 18.6. The molecule has 1 aromatic heterocycles. The molecule has 4 nitrogen and oxygen atoms in total. The first kappa shape index (κ1) is 17.6. The average molecular weight is 378 g/mol. The van der Waals surface area contributed by atoms with Gasteiger partial charge in [-0.05, 0) is 35.7 Å². The summed E-state index contributed by atoms with van der Waals surface area (Å²) in [7, 11) is 0. The molecule has 0 radical (unpaired) electrons. The number of para-hydroxylation sites is 2. The number of hydrogen-bond acceptors (Lipinski definition) is 4. The molecule has 0 saturated carbocycles. The van der Waals surface area contributed by atoms with Gasteiger partial charge in [0.25, 0.3) is 5.91 Å². The van der Waals surface area contributed by atoms with Crippen molar-refractivity contribution in [2.45, 2.75) is 12.8 Å². The number of anilines is 2. The van der Waals surface area contributed by atoms with Gasteiger partial charge in [-0.25, -0.2) is 0 Å². The third kappa shape index (κ3) is 3.83. The highest BCUT2D eigenvalue weighted by molar-refractivity contribution is 7.18. The molecule has 0 spiro atoms. The van der Waals surface area contributed by atoms with Crippen molar-refractivity contribution in [3.8, 4) is 5.75 Å². The quantitative estimate of drug-likeness (QED) is 0.693. The Labute approximate surface area is 163 Å². The molecule has 1 aliphatic heterocycles. The normalized spacial score (nSPS) is 14.2. The van der Waals surface area contributed by atoms with Crippen LogP contribution in [0.25, 0.3) is 0 Å². The highest BCUT2D eigenvalue weighted by Gasteiger charge is 2.21. The van der Waals surface area contributed by atoms with Crippen LogP contribution in [0.1, 0.15) is 28.1 Å². The van der Waals surface area contributed by atoms with E-state index in [4.69, 9.17) is 4.74 Å². The molecule has 1 unspecified atom stereocenters. The molecule has 0 saturated heterocycles. The summed E-state index contributed by atoms with van der Waals surface area (Å²) in [5.74, 6) is 1.15. The Morgan fingerprint density at radius 2 is 1.89 bits per heavy atom. The van der Waals surface area contributed by atoms with E-state index < -0.39 is 0 Å². The van der Waals surface area contributed by atoms with Gasteiger partial charge in [0.2, 0.25) is 0 Å². The molecule has 1 aliphatic rings. The van der Waals surface area contributed by atoms with E-state index in [1.165, 1.54) is 16.9 Å². The van der Waals surface area contributed by atoms with Gasteiger partial charge in [-0.1, -0.05) is 49.4 Å². The number of benzene rings is 2.